The smallest absolute Gasteiger partial charge is 0.0296 e. The zero-order chi connectivity index (χ0) is 19.8. The quantitative estimate of drug-likeness (QED) is 0.265. The van der Waals surface area contributed by atoms with Gasteiger partial charge in [0, 0.05) is 14.4 Å². The van der Waals surface area contributed by atoms with E-state index in [1.165, 1.54) is 42.3 Å². The predicted molar refractivity (Wildman–Crippen MR) is 128 cm³/mol. The lowest BCUT2D eigenvalue weighted by Gasteiger charge is -2.33. The average molecular weight is 504 g/mol. The van der Waals surface area contributed by atoms with Gasteiger partial charge in [0.05, 0.1) is 0 Å². The Morgan fingerprint density at radius 2 is 0.862 bits per heavy atom. The monoisotopic (exact) mass is 502 g/mol. The Hall–Kier alpha value is -2.16. The van der Waals surface area contributed by atoms with Crippen LogP contribution >= 0.6 is 31.9 Å². The van der Waals surface area contributed by atoms with E-state index in [4.69, 9.17) is 0 Å². The molecular formula is C27H20Br2. The lowest BCUT2D eigenvalue weighted by Crippen LogP contribution is -2.31. The molecule has 0 spiro atoms. The van der Waals surface area contributed by atoms with Crippen molar-refractivity contribution >= 4 is 31.9 Å². The maximum atomic E-state index is 3.80. The summed E-state index contributed by atoms with van der Waals surface area (Å²) in [6.07, 6.45) is 1.90. The summed E-state index contributed by atoms with van der Waals surface area (Å²) in [7, 11) is 0. The van der Waals surface area contributed by atoms with Crippen molar-refractivity contribution < 1.29 is 0 Å². The van der Waals surface area contributed by atoms with Gasteiger partial charge in [0.2, 0.25) is 0 Å². The largest absolute Gasteiger partial charge is 0.0619 e. The normalized spacial score (nSPS) is 13.7. The molecule has 5 rings (SSSR count). The minimum atomic E-state index is -0.110. The summed E-state index contributed by atoms with van der Waals surface area (Å²) in [5, 5.41) is 0. The molecule has 4 aromatic carbocycles. The van der Waals surface area contributed by atoms with Gasteiger partial charge in [-0.1, -0.05) is 117 Å². The molecule has 0 amide bonds. The van der Waals surface area contributed by atoms with Crippen molar-refractivity contribution in [2.45, 2.75) is 18.3 Å². The van der Waals surface area contributed by atoms with Gasteiger partial charge in [-0.25, -0.2) is 0 Å². The van der Waals surface area contributed by atoms with Crippen LogP contribution in [0.1, 0.15) is 22.3 Å². The van der Waals surface area contributed by atoms with Crippen molar-refractivity contribution in [1.82, 2.24) is 0 Å². The van der Waals surface area contributed by atoms with Crippen LogP contribution in [0.2, 0.25) is 0 Å². The summed E-state index contributed by atoms with van der Waals surface area (Å²) in [5.74, 6) is 0. The zero-order valence-corrected chi connectivity index (χ0v) is 19.1. The lowest BCUT2D eigenvalue weighted by molar-refractivity contribution is 0.518. The van der Waals surface area contributed by atoms with Crippen LogP contribution in [0, 0.1) is 0 Å². The first kappa shape index (κ1) is 18.8. The van der Waals surface area contributed by atoms with Gasteiger partial charge in [0.1, 0.15) is 0 Å². The Morgan fingerprint density at radius 1 is 0.483 bits per heavy atom. The maximum Gasteiger partial charge on any atom is 0.0296 e. The van der Waals surface area contributed by atoms with Crippen molar-refractivity contribution in [3.8, 4) is 11.1 Å². The Labute approximate surface area is 188 Å². The molecule has 0 saturated heterocycles. The molecule has 29 heavy (non-hydrogen) atoms. The molecule has 142 valence electrons. The third kappa shape index (κ3) is 3.19. The van der Waals surface area contributed by atoms with Crippen molar-refractivity contribution in [2.75, 3.05) is 0 Å². The summed E-state index contributed by atoms with van der Waals surface area (Å²) in [5.41, 5.74) is 8.14. The number of rotatable bonds is 4. The van der Waals surface area contributed by atoms with Crippen LogP contribution in [0.25, 0.3) is 11.1 Å². The lowest BCUT2D eigenvalue weighted by atomic mass is 9.69. The second kappa shape index (κ2) is 7.59. The summed E-state index contributed by atoms with van der Waals surface area (Å²) in [4.78, 5) is 0. The molecule has 1 aliphatic carbocycles. The van der Waals surface area contributed by atoms with Gasteiger partial charge in [-0.05, 0) is 58.4 Å². The zero-order valence-electron chi connectivity index (χ0n) is 15.9. The summed E-state index contributed by atoms with van der Waals surface area (Å²) in [6, 6.07) is 35.1. The molecule has 0 saturated carbocycles. The molecule has 2 heteroatoms. The van der Waals surface area contributed by atoms with E-state index < -0.39 is 0 Å². The van der Waals surface area contributed by atoms with Crippen molar-refractivity contribution in [2.24, 2.45) is 0 Å². The summed E-state index contributed by atoms with van der Waals surface area (Å²) in [6.45, 7) is 0. The van der Waals surface area contributed by atoms with E-state index in [0.29, 0.717) is 0 Å². The predicted octanol–water partition coefficient (Wildman–Crippen LogP) is 7.96. The van der Waals surface area contributed by atoms with E-state index in [-0.39, 0.29) is 5.41 Å². The fraction of sp³-hybridized carbons (Fsp3) is 0.111. The van der Waals surface area contributed by atoms with Crippen LogP contribution in [0.3, 0.4) is 0 Å². The number of hydrogen-bond acceptors (Lipinski definition) is 0. The number of benzene rings is 4. The van der Waals surface area contributed by atoms with Gasteiger partial charge < -0.3 is 0 Å². The van der Waals surface area contributed by atoms with Crippen LogP contribution in [-0.2, 0) is 18.3 Å². The number of halogens is 2. The first-order valence-electron chi connectivity index (χ1n) is 9.85. The first-order valence-corrected chi connectivity index (χ1v) is 11.4. The van der Waals surface area contributed by atoms with Gasteiger partial charge >= 0.3 is 0 Å². The average Bonchev–Trinajstić information content (AvgIpc) is 3.02. The van der Waals surface area contributed by atoms with Crippen molar-refractivity contribution in [1.29, 1.82) is 0 Å². The molecule has 1 aliphatic rings. The second-order valence-electron chi connectivity index (χ2n) is 7.71. The van der Waals surface area contributed by atoms with Gasteiger partial charge in [-0.15, -0.1) is 0 Å². The molecule has 0 fully saturated rings. The molecule has 0 aromatic heterocycles. The van der Waals surface area contributed by atoms with E-state index in [1.54, 1.807) is 0 Å². The third-order valence-electron chi connectivity index (χ3n) is 6.08. The van der Waals surface area contributed by atoms with Crippen LogP contribution in [0.4, 0.5) is 0 Å². The minimum Gasteiger partial charge on any atom is -0.0619 e. The van der Waals surface area contributed by atoms with Crippen LogP contribution in [0.5, 0.6) is 0 Å². The molecule has 0 bridgehead atoms. The Morgan fingerprint density at radius 3 is 1.31 bits per heavy atom. The van der Waals surface area contributed by atoms with Gasteiger partial charge in [-0.2, -0.15) is 0 Å². The minimum absolute atomic E-state index is 0.110. The molecule has 4 aromatic rings. The molecular weight excluding hydrogens is 484 g/mol. The highest BCUT2D eigenvalue weighted by atomic mass is 79.9. The molecule has 0 unspecified atom stereocenters. The first-order chi connectivity index (χ1) is 14.2. The topological polar surface area (TPSA) is 0 Å². The van der Waals surface area contributed by atoms with E-state index in [0.717, 1.165) is 12.8 Å². The van der Waals surface area contributed by atoms with E-state index in [2.05, 4.69) is 129 Å². The van der Waals surface area contributed by atoms with Crippen molar-refractivity contribution in [3.05, 3.63) is 128 Å². The third-order valence-corrected chi connectivity index (χ3v) is 7.62. The number of fused-ring (bicyclic) bond motifs is 3. The van der Waals surface area contributed by atoms with Crippen LogP contribution in [0.15, 0.2) is 106 Å². The molecule has 0 nitrogen and oxygen atoms in total. The SMILES string of the molecule is Brc1ccccc1CC1(Cc2ccccc2Br)c2ccccc2-c2ccccc21. The highest BCUT2D eigenvalue weighted by Gasteiger charge is 2.43. The van der Waals surface area contributed by atoms with Crippen LogP contribution in [-0.4, -0.2) is 0 Å². The van der Waals surface area contributed by atoms with Crippen molar-refractivity contribution in [3.63, 3.8) is 0 Å². The molecule has 0 heterocycles. The maximum absolute atomic E-state index is 3.80. The van der Waals surface area contributed by atoms with Gasteiger partial charge in [0.25, 0.3) is 0 Å². The Balaban J connectivity index is 1.77. The highest BCUT2D eigenvalue weighted by Crippen LogP contribution is 2.52. The summed E-state index contributed by atoms with van der Waals surface area (Å²) >= 11 is 7.60. The van der Waals surface area contributed by atoms with E-state index in [9.17, 15) is 0 Å². The molecule has 0 atom stereocenters. The highest BCUT2D eigenvalue weighted by molar-refractivity contribution is 9.10. The standard InChI is InChI=1S/C27H20Br2/c28-25-15-7-1-9-19(25)17-27(18-20-10-2-8-16-26(20)29)23-13-5-3-11-21(23)22-12-4-6-14-24(22)27/h1-16H,17-18H2. The van der Waals surface area contributed by atoms with Gasteiger partial charge in [0.15, 0.2) is 0 Å². The Bertz CT molecular complexity index is 1100. The molecule has 0 aliphatic heterocycles. The molecule has 0 N–H and O–H groups in total. The van der Waals surface area contributed by atoms with E-state index >= 15 is 0 Å². The fourth-order valence-electron chi connectivity index (χ4n) is 4.79. The van der Waals surface area contributed by atoms with Gasteiger partial charge in [-0.3, -0.25) is 0 Å². The van der Waals surface area contributed by atoms with E-state index in [1.807, 2.05) is 0 Å². The summed E-state index contributed by atoms with van der Waals surface area (Å²) < 4.78 is 2.35. The number of hydrogen-bond donors (Lipinski definition) is 0. The second-order valence-corrected chi connectivity index (χ2v) is 9.42. The Kier molecular flexibility index (Phi) is 4.93. The fourth-order valence-corrected chi connectivity index (χ4v) is 5.64. The molecule has 0 radical (unpaired) electrons. The van der Waals surface area contributed by atoms with Crippen LogP contribution < -0.4 is 0 Å².